The van der Waals surface area contributed by atoms with Gasteiger partial charge in [0.05, 0.1) is 54.7 Å². The van der Waals surface area contributed by atoms with Gasteiger partial charge in [-0.3, -0.25) is 69.0 Å². The molecule has 32 heteroatoms. The number of rotatable bonds is 26. The minimum Gasteiger partial charge on any atom is -0.476 e. The molecule has 0 spiro atoms. The fourth-order valence-corrected chi connectivity index (χ4v) is 20.4. The van der Waals surface area contributed by atoms with Crippen LogP contribution in [-0.2, 0) is 86.4 Å². The topological polar surface area (TPSA) is 384 Å². The van der Waals surface area contributed by atoms with E-state index in [1.807, 2.05) is 246 Å². The second kappa shape index (κ2) is 40.5. The zero-order valence-electron chi connectivity index (χ0n) is 79.0. The van der Waals surface area contributed by atoms with Crippen LogP contribution in [0, 0.1) is 13.8 Å². The molecule has 4 aliphatic rings. The SMILES string of the molecule is Cc1c(Oc2ccc(CCCC(=O)Nc3ccc4c(C5CCC(=O)NC5=O)nn(C)c4c3)cc2)cccc1-c1ccc(N2CCc3cccc(C(=O)Nc4nc5ccccc5s4)c3C2)nc1C(=O)O.Cc1c(Oc2ccc(CCCC(=O)Nc3ccc4c(C5CCC(=O)NC5=O)nn(C)c4c3)cc2)cccc1-c1ccc(N2CCc3cccc(C(=O)Nc4nc5ccccc5s4)c3C2)nc1C(=O)OC(C)(C)C. The predicted octanol–water partition coefficient (Wildman–Crippen LogP) is 19.9. The number of carboxylic acids is 1. The summed E-state index contributed by atoms with van der Waals surface area (Å²) < 4.78 is 24.1. The van der Waals surface area contributed by atoms with Crippen LogP contribution in [0.4, 0.5) is 33.3 Å². The Bertz CT molecular complexity index is 7680. The number of esters is 1. The van der Waals surface area contributed by atoms with Gasteiger partial charge in [-0.1, -0.05) is 120 Å². The summed E-state index contributed by atoms with van der Waals surface area (Å²) in [6, 6.07) is 72.2. The van der Waals surface area contributed by atoms with Crippen molar-refractivity contribution >= 4 is 157 Å². The first-order chi connectivity index (χ1) is 68.6. The normalized spacial score (nSPS) is 14.7. The maximum Gasteiger partial charge on any atom is 0.358 e. The number of nitrogens with one attached hydrogen (secondary N) is 6. The maximum atomic E-state index is 14.1. The van der Waals surface area contributed by atoms with E-state index in [4.69, 9.17) is 24.2 Å². The average molecular weight is 1930 g/mol. The molecule has 6 aromatic heterocycles. The van der Waals surface area contributed by atoms with E-state index in [2.05, 4.69) is 63.0 Å². The van der Waals surface area contributed by atoms with E-state index in [1.165, 1.54) is 22.7 Å². The van der Waals surface area contributed by atoms with E-state index in [1.54, 1.807) is 41.7 Å². The lowest BCUT2D eigenvalue weighted by Crippen LogP contribution is -2.39. The highest BCUT2D eigenvalue weighted by Gasteiger charge is 2.36. The van der Waals surface area contributed by atoms with Gasteiger partial charge in [-0.2, -0.15) is 10.2 Å². The lowest BCUT2D eigenvalue weighted by atomic mass is 9.93. The van der Waals surface area contributed by atoms with Crippen LogP contribution in [0.1, 0.15) is 182 Å². The Morgan fingerprint density at radius 2 is 0.894 bits per heavy atom. The Balaban J connectivity index is 0.000000181. The number of benzene rings is 10. The summed E-state index contributed by atoms with van der Waals surface area (Å²) in [4.78, 5) is 152. The molecule has 30 nitrogen and oxygen atoms in total. The molecule has 0 radical (unpaired) electrons. The van der Waals surface area contributed by atoms with E-state index in [9.17, 15) is 53.1 Å². The van der Waals surface area contributed by atoms with Gasteiger partial charge in [-0.25, -0.2) is 29.5 Å². The summed E-state index contributed by atoms with van der Waals surface area (Å²) in [5, 5.41) is 39.1. The number of pyridine rings is 2. The number of imide groups is 2. The predicted molar refractivity (Wildman–Crippen MR) is 546 cm³/mol. The number of para-hydroxylation sites is 2. The number of carboxylic acid groups (broad SMARTS) is 1. The maximum absolute atomic E-state index is 14.1. The van der Waals surface area contributed by atoms with Gasteiger partial charge in [0.25, 0.3) is 11.8 Å². The molecule has 2 unspecified atom stereocenters. The molecule has 2 atom stereocenters. The number of piperidine rings is 2. The van der Waals surface area contributed by atoms with Gasteiger partial charge in [-0.15, -0.1) is 0 Å². The molecular formula is C110H100N16O14S2. The lowest BCUT2D eigenvalue weighted by Gasteiger charge is -2.31. The second-order valence-corrected chi connectivity index (χ2v) is 38.8. The fourth-order valence-electron chi connectivity index (χ4n) is 18.7. The summed E-state index contributed by atoms with van der Waals surface area (Å²) in [7, 11) is 3.58. The summed E-state index contributed by atoms with van der Waals surface area (Å²) in [5.74, 6) is -1.16. The van der Waals surface area contributed by atoms with Crippen LogP contribution in [0.5, 0.6) is 23.0 Å². The number of fused-ring (bicyclic) bond motifs is 6. The molecule has 2 fully saturated rings. The number of amides is 8. The van der Waals surface area contributed by atoms with Crippen molar-refractivity contribution in [3.63, 3.8) is 0 Å². The Morgan fingerprint density at radius 3 is 1.32 bits per heavy atom. The third kappa shape index (κ3) is 20.8. The van der Waals surface area contributed by atoms with Gasteiger partial charge >= 0.3 is 11.9 Å². The molecule has 10 aromatic carbocycles. The summed E-state index contributed by atoms with van der Waals surface area (Å²) in [6.45, 7) is 11.4. The number of carbonyl (C=O) groups excluding carboxylic acids is 9. The number of hydrogen-bond donors (Lipinski definition) is 7. The Hall–Kier alpha value is -16.5. The Labute approximate surface area is 824 Å². The first-order valence-corrected chi connectivity index (χ1v) is 48.7. The number of anilines is 6. The van der Waals surface area contributed by atoms with Crippen molar-refractivity contribution < 1.29 is 67.3 Å². The van der Waals surface area contributed by atoms with Crippen molar-refractivity contribution in [1.82, 2.24) is 50.1 Å². The lowest BCUT2D eigenvalue weighted by molar-refractivity contribution is -0.135. The minimum atomic E-state index is -1.16. The molecule has 7 N–H and O–H groups in total. The molecule has 8 amide bonds. The third-order valence-electron chi connectivity index (χ3n) is 25.9. The molecule has 10 heterocycles. The first-order valence-electron chi connectivity index (χ1n) is 47.1. The zero-order valence-corrected chi connectivity index (χ0v) is 80.6. The van der Waals surface area contributed by atoms with E-state index in [0.717, 1.165) is 92.3 Å². The number of hydrogen-bond acceptors (Lipinski definition) is 23. The van der Waals surface area contributed by atoms with Crippen LogP contribution in [-0.4, -0.2) is 122 Å². The number of aryl methyl sites for hydroxylation is 4. The highest BCUT2D eigenvalue weighted by molar-refractivity contribution is 7.22. The van der Waals surface area contributed by atoms with Gasteiger partial charge in [-0.05, 0) is 275 Å². The number of aromatic nitrogens is 8. The van der Waals surface area contributed by atoms with Crippen LogP contribution < -0.4 is 51.2 Å². The second-order valence-electron chi connectivity index (χ2n) is 36.7. The first kappa shape index (κ1) is 94.5. The van der Waals surface area contributed by atoms with Crippen molar-refractivity contribution in [2.45, 2.75) is 142 Å². The van der Waals surface area contributed by atoms with Gasteiger partial charge in [0.15, 0.2) is 21.7 Å². The van der Waals surface area contributed by atoms with Crippen molar-refractivity contribution in [3.8, 4) is 45.3 Å². The van der Waals surface area contributed by atoms with Crippen molar-refractivity contribution in [2.75, 3.05) is 44.2 Å². The summed E-state index contributed by atoms with van der Waals surface area (Å²) in [6.07, 6.45) is 5.91. The Kier molecular flexibility index (Phi) is 27.0. The standard InChI is InChI=1S/C57H54N8O7S.C53H46N8O7S/c1-33-38(13-10-16-46(33)71-37-22-19-34(20-23-37)11-8-18-49(66)58-36-21-24-41-45(31-36)64(5)63-51(41)42-26-28-50(67)61-54(42)69)39-25-27-48(60-52(39)55(70)72-57(2,3)4)65-30-29-35-12-9-14-40(43(35)32-65)53(68)62-56-59-44-15-6-7-17-47(44)73-56;1-30-35(36-22-24-45(56-49(36)52(66)67)61-27-26-32-9-6-11-37(40(32)29-61)50(64)58-53-55-41-12-3-4-14-44(41)69-53)10-7-13-43(30)68-34-19-16-31(17-20-34)8-5-15-46(62)54-33-18-21-38-42(28-33)60(2)59-48(38)39-23-25-47(63)57-51(39)65/h6-7,9-10,12-17,19-25,27,31,42H,8,11,18,26,28-30,32H2,1-5H3,(H,58,66)(H,59,62,68)(H,61,67,69);3-4,6-7,9-14,16-22,24,28,39H,5,8,15,23,25-27,29H2,1-2H3,(H,54,62)(H,66,67)(H,55,58,64)(H,57,63,65). The molecule has 0 saturated carbocycles. The van der Waals surface area contributed by atoms with Crippen molar-refractivity contribution in [3.05, 3.63) is 309 Å². The smallest absolute Gasteiger partial charge is 0.358 e. The molecule has 4 aliphatic heterocycles. The van der Waals surface area contributed by atoms with Gasteiger partial charge in [0, 0.05) is 110 Å². The van der Waals surface area contributed by atoms with Crippen LogP contribution in [0.2, 0.25) is 0 Å². The van der Waals surface area contributed by atoms with E-state index in [-0.39, 0.29) is 71.5 Å². The minimum absolute atomic E-state index is 0.0893. The van der Waals surface area contributed by atoms with Gasteiger partial charge < -0.3 is 39.8 Å². The number of carbonyl (C=O) groups is 10. The molecular weight excluding hydrogens is 1830 g/mol. The van der Waals surface area contributed by atoms with Crippen LogP contribution in [0.15, 0.2) is 231 Å². The summed E-state index contributed by atoms with van der Waals surface area (Å²) in [5.41, 5.74) is 16.2. The molecule has 142 heavy (non-hydrogen) atoms. The summed E-state index contributed by atoms with van der Waals surface area (Å²) >= 11 is 2.85. The van der Waals surface area contributed by atoms with Crippen molar-refractivity contribution in [2.24, 2.45) is 14.1 Å². The molecule has 20 rings (SSSR count). The van der Waals surface area contributed by atoms with Gasteiger partial charge in [0.2, 0.25) is 35.4 Å². The Morgan fingerprint density at radius 1 is 0.465 bits per heavy atom. The number of ether oxygens (including phenoxy) is 3. The zero-order chi connectivity index (χ0) is 98.7. The molecule has 0 bridgehead atoms. The quantitative estimate of drug-likeness (QED) is 0.0195. The van der Waals surface area contributed by atoms with Crippen LogP contribution >= 0.6 is 22.7 Å². The molecule has 716 valence electrons. The van der Waals surface area contributed by atoms with E-state index >= 15 is 0 Å². The average Bonchev–Trinajstić information content (AvgIpc) is 1.67. The molecule has 16 aromatic rings. The van der Waals surface area contributed by atoms with E-state index < -0.39 is 29.4 Å². The third-order valence-corrected chi connectivity index (χ3v) is 27.8. The van der Waals surface area contributed by atoms with Crippen molar-refractivity contribution in [1.29, 1.82) is 0 Å². The van der Waals surface area contributed by atoms with E-state index in [0.29, 0.717) is 186 Å². The highest BCUT2D eigenvalue weighted by atomic mass is 32.1. The monoisotopic (exact) mass is 1930 g/mol. The number of aromatic carboxylic acids is 1. The fraction of sp³-hybridized carbons (Fsp3) is 0.236. The number of thiazole rings is 2. The number of nitrogens with zero attached hydrogens (tertiary/aromatic N) is 10. The molecule has 0 aliphatic carbocycles. The van der Waals surface area contributed by atoms with Crippen LogP contribution in [0.25, 0.3) is 64.5 Å². The van der Waals surface area contributed by atoms with Crippen LogP contribution in [0.3, 0.4) is 0 Å². The molecule has 2 saturated heterocycles. The highest BCUT2D eigenvalue weighted by Crippen LogP contribution is 2.43. The largest absolute Gasteiger partial charge is 0.476 e. The van der Waals surface area contributed by atoms with Gasteiger partial charge in [0.1, 0.15) is 40.2 Å².